The van der Waals surface area contributed by atoms with Crippen LogP contribution < -0.4 is 10.1 Å². The summed E-state index contributed by atoms with van der Waals surface area (Å²) >= 11 is 0. The molecular formula is C25H25N3O2. The van der Waals surface area contributed by atoms with Crippen LogP contribution in [0.3, 0.4) is 0 Å². The van der Waals surface area contributed by atoms with Crippen molar-refractivity contribution in [3.63, 3.8) is 0 Å². The fourth-order valence-electron chi connectivity index (χ4n) is 3.48. The third kappa shape index (κ3) is 4.35. The van der Waals surface area contributed by atoms with Crippen LogP contribution in [0.1, 0.15) is 27.3 Å². The number of carbonyl (C=O) groups is 1. The molecule has 1 aromatic heterocycles. The van der Waals surface area contributed by atoms with E-state index in [1.165, 1.54) is 5.56 Å². The van der Waals surface area contributed by atoms with Gasteiger partial charge >= 0.3 is 0 Å². The monoisotopic (exact) mass is 399 g/mol. The maximum Gasteiger partial charge on any atom is 0.251 e. The van der Waals surface area contributed by atoms with E-state index in [1.807, 2.05) is 79.7 Å². The number of aromatic nitrogens is 2. The molecule has 5 nitrogen and oxygen atoms in total. The second-order valence-electron chi connectivity index (χ2n) is 7.33. The number of carbonyl (C=O) groups excluding carboxylic acids is 1. The number of nitrogens with zero attached hydrogens (tertiary/aromatic N) is 2. The molecule has 1 amide bonds. The van der Waals surface area contributed by atoms with Crippen molar-refractivity contribution in [1.82, 2.24) is 14.9 Å². The van der Waals surface area contributed by atoms with E-state index in [9.17, 15) is 4.79 Å². The van der Waals surface area contributed by atoms with Gasteiger partial charge in [0.25, 0.3) is 5.91 Å². The Morgan fingerprint density at radius 1 is 0.967 bits per heavy atom. The molecule has 0 saturated carbocycles. The van der Waals surface area contributed by atoms with Crippen molar-refractivity contribution in [3.05, 3.63) is 95.3 Å². The Bertz CT molecular complexity index is 1160. The zero-order chi connectivity index (χ0) is 20.9. The van der Waals surface area contributed by atoms with Crippen LogP contribution in [0.15, 0.2) is 72.8 Å². The Hall–Kier alpha value is -3.60. The second-order valence-corrected chi connectivity index (χ2v) is 7.33. The number of amides is 1. The first-order valence-electron chi connectivity index (χ1n) is 10.1. The summed E-state index contributed by atoms with van der Waals surface area (Å²) in [7, 11) is 0. The predicted molar refractivity (Wildman–Crippen MR) is 119 cm³/mol. The lowest BCUT2D eigenvalue weighted by Gasteiger charge is -2.12. The Morgan fingerprint density at radius 2 is 1.70 bits per heavy atom. The average Bonchev–Trinajstić information content (AvgIpc) is 3.11. The molecule has 0 unspecified atom stereocenters. The minimum atomic E-state index is -0.0948. The highest BCUT2D eigenvalue weighted by molar-refractivity contribution is 5.95. The van der Waals surface area contributed by atoms with Gasteiger partial charge in [-0.25, -0.2) is 4.98 Å². The Morgan fingerprint density at radius 3 is 2.50 bits per heavy atom. The van der Waals surface area contributed by atoms with E-state index in [-0.39, 0.29) is 5.91 Å². The van der Waals surface area contributed by atoms with Crippen LogP contribution in [0.5, 0.6) is 5.75 Å². The average molecular weight is 399 g/mol. The van der Waals surface area contributed by atoms with E-state index in [1.54, 1.807) is 0 Å². The Kier molecular flexibility index (Phi) is 5.80. The van der Waals surface area contributed by atoms with Crippen LogP contribution in [-0.4, -0.2) is 22.1 Å². The van der Waals surface area contributed by atoms with Crippen molar-refractivity contribution in [1.29, 1.82) is 0 Å². The van der Waals surface area contributed by atoms with Crippen LogP contribution in [-0.2, 0) is 13.1 Å². The first kappa shape index (κ1) is 19.7. The number of hydrogen-bond acceptors (Lipinski definition) is 3. The van der Waals surface area contributed by atoms with Crippen LogP contribution in [0.2, 0.25) is 0 Å². The number of imidazole rings is 1. The largest absolute Gasteiger partial charge is 0.492 e. The van der Waals surface area contributed by atoms with Crippen molar-refractivity contribution in [2.75, 3.05) is 6.61 Å². The highest BCUT2D eigenvalue weighted by atomic mass is 16.5. The van der Waals surface area contributed by atoms with Crippen molar-refractivity contribution < 1.29 is 9.53 Å². The van der Waals surface area contributed by atoms with Gasteiger partial charge in [0.15, 0.2) is 0 Å². The lowest BCUT2D eigenvalue weighted by atomic mass is 10.1. The number of aryl methyl sites for hydroxylation is 2. The normalized spacial score (nSPS) is 10.9. The number of ether oxygens (including phenoxy) is 1. The topological polar surface area (TPSA) is 56.1 Å². The van der Waals surface area contributed by atoms with Crippen LogP contribution >= 0.6 is 0 Å². The van der Waals surface area contributed by atoms with Gasteiger partial charge in [-0.3, -0.25) is 4.79 Å². The summed E-state index contributed by atoms with van der Waals surface area (Å²) in [6.07, 6.45) is 0. The highest BCUT2D eigenvalue weighted by Crippen LogP contribution is 2.17. The smallest absolute Gasteiger partial charge is 0.251 e. The first-order valence-corrected chi connectivity index (χ1v) is 10.1. The van der Waals surface area contributed by atoms with Gasteiger partial charge in [0.05, 0.1) is 24.1 Å². The summed E-state index contributed by atoms with van der Waals surface area (Å²) in [6, 6.07) is 23.6. The third-order valence-corrected chi connectivity index (χ3v) is 5.13. The van der Waals surface area contributed by atoms with E-state index in [2.05, 4.69) is 16.8 Å². The summed E-state index contributed by atoms with van der Waals surface area (Å²) in [5, 5.41) is 3.01. The molecule has 0 atom stereocenters. The summed E-state index contributed by atoms with van der Waals surface area (Å²) < 4.78 is 8.03. The van der Waals surface area contributed by atoms with E-state index < -0.39 is 0 Å². The van der Waals surface area contributed by atoms with Gasteiger partial charge in [-0.15, -0.1) is 0 Å². The molecule has 152 valence electrons. The molecule has 0 aliphatic rings. The summed E-state index contributed by atoms with van der Waals surface area (Å²) in [5.41, 5.74) is 4.78. The molecule has 5 heteroatoms. The minimum Gasteiger partial charge on any atom is -0.492 e. The molecule has 0 spiro atoms. The van der Waals surface area contributed by atoms with Gasteiger partial charge in [-0.1, -0.05) is 48.0 Å². The molecule has 3 aromatic carbocycles. The quantitative estimate of drug-likeness (QED) is 0.492. The van der Waals surface area contributed by atoms with Gasteiger partial charge in [-0.2, -0.15) is 0 Å². The summed E-state index contributed by atoms with van der Waals surface area (Å²) in [5.74, 6) is 1.56. The van der Waals surface area contributed by atoms with Gasteiger partial charge in [-0.05, 0) is 49.7 Å². The Balaban J connectivity index is 1.49. The lowest BCUT2D eigenvalue weighted by molar-refractivity contribution is 0.0949. The molecule has 1 N–H and O–H groups in total. The number of fused-ring (bicyclic) bond motifs is 1. The minimum absolute atomic E-state index is 0.0948. The molecule has 1 heterocycles. The molecule has 0 saturated heterocycles. The van der Waals surface area contributed by atoms with Crippen molar-refractivity contribution in [3.8, 4) is 5.75 Å². The number of rotatable bonds is 7. The number of benzene rings is 3. The standard InChI is InChI=1S/C25H25N3O2/c1-18-11-13-20(14-12-18)30-16-15-28-23-10-6-5-9-22(23)27-24(28)17-26-25(29)21-8-4-3-7-19(21)2/h3-14H,15-17H2,1-2H3,(H,26,29). The first-order chi connectivity index (χ1) is 14.6. The fourth-order valence-corrected chi connectivity index (χ4v) is 3.48. The molecule has 4 aromatic rings. The molecule has 0 bridgehead atoms. The zero-order valence-electron chi connectivity index (χ0n) is 17.3. The number of hydrogen-bond donors (Lipinski definition) is 1. The van der Waals surface area contributed by atoms with E-state index in [0.717, 1.165) is 28.2 Å². The Labute approximate surface area is 176 Å². The highest BCUT2D eigenvalue weighted by Gasteiger charge is 2.13. The molecule has 0 fully saturated rings. The van der Waals surface area contributed by atoms with Crippen molar-refractivity contribution >= 4 is 16.9 Å². The third-order valence-electron chi connectivity index (χ3n) is 5.13. The maximum atomic E-state index is 12.6. The van der Waals surface area contributed by atoms with Gasteiger partial charge in [0, 0.05) is 5.56 Å². The number of nitrogens with one attached hydrogen (secondary N) is 1. The molecule has 0 aliphatic carbocycles. The number of para-hydroxylation sites is 2. The molecular weight excluding hydrogens is 374 g/mol. The second kappa shape index (κ2) is 8.82. The molecule has 4 rings (SSSR count). The SMILES string of the molecule is Cc1ccc(OCCn2c(CNC(=O)c3ccccc3C)nc3ccccc32)cc1. The van der Waals surface area contributed by atoms with Gasteiger partial charge < -0.3 is 14.6 Å². The van der Waals surface area contributed by atoms with Crippen molar-refractivity contribution in [2.45, 2.75) is 26.9 Å². The molecule has 30 heavy (non-hydrogen) atoms. The van der Waals surface area contributed by atoms with Crippen LogP contribution in [0, 0.1) is 13.8 Å². The van der Waals surface area contributed by atoms with Crippen molar-refractivity contribution in [2.24, 2.45) is 0 Å². The van der Waals surface area contributed by atoms with E-state index in [0.29, 0.717) is 25.3 Å². The van der Waals surface area contributed by atoms with Gasteiger partial charge in [0.2, 0.25) is 0 Å². The lowest BCUT2D eigenvalue weighted by Crippen LogP contribution is -2.26. The van der Waals surface area contributed by atoms with Crippen LogP contribution in [0.4, 0.5) is 0 Å². The molecule has 0 radical (unpaired) electrons. The molecule has 0 aliphatic heterocycles. The maximum absolute atomic E-state index is 12.6. The summed E-state index contributed by atoms with van der Waals surface area (Å²) in [6.45, 7) is 5.50. The fraction of sp³-hybridized carbons (Fsp3) is 0.200. The summed E-state index contributed by atoms with van der Waals surface area (Å²) in [4.78, 5) is 17.3. The van der Waals surface area contributed by atoms with Gasteiger partial charge in [0.1, 0.15) is 18.2 Å². The zero-order valence-corrected chi connectivity index (χ0v) is 17.3. The van der Waals surface area contributed by atoms with Crippen LogP contribution in [0.25, 0.3) is 11.0 Å². The van der Waals surface area contributed by atoms with E-state index in [4.69, 9.17) is 9.72 Å². The predicted octanol–water partition coefficient (Wildman–Crippen LogP) is 4.66. The van der Waals surface area contributed by atoms with E-state index >= 15 is 0 Å².